The van der Waals surface area contributed by atoms with Gasteiger partial charge >= 0.3 is 5.97 Å². The van der Waals surface area contributed by atoms with E-state index in [0.717, 1.165) is 50.5 Å². The average Bonchev–Trinajstić information content (AvgIpc) is 2.97. The van der Waals surface area contributed by atoms with Gasteiger partial charge in [-0.3, -0.25) is 4.79 Å². The summed E-state index contributed by atoms with van der Waals surface area (Å²) in [4.78, 5) is 23.0. The number of carbonyl (C=O) groups excluding carboxylic acids is 1. The second-order valence-electron chi connectivity index (χ2n) is 8.41. The molecule has 5 heteroatoms. The van der Waals surface area contributed by atoms with Gasteiger partial charge in [0.15, 0.2) is 6.61 Å². The van der Waals surface area contributed by atoms with Crippen LogP contribution in [0.5, 0.6) is 5.75 Å². The lowest BCUT2D eigenvalue weighted by Gasteiger charge is -2.32. The van der Waals surface area contributed by atoms with E-state index in [1.165, 1.54) is 5.56 Å². The number of benzene rings is 1. The SMILES string of the molecule is CCCCCC(=O)CC[C@@H]1[C@H]2Cc3cccc(OCC(=O)O)c3C[C@H]2C[C@H]1O. The molecule has 0 aliphatic heterocycles. The fourth-order valence-corrected chi connectivity index (χ4v) is 5.10. The van der Waals surface area contributed by atoms with Crippen LogP contribution in [-0.4, -0.2) is 34.7 Å². The average molecular weight is 389 g/mol. The van der Waals surface area contributed by atoms with Crippen molar-refractivity contribution < 1.29 is 24.5 Å². The molecule has 0 spiro atoms. The molecule has 0 amide bonds. The van der Waals surface area contributed by atoms with Crippen molar-refractivity contribution in [2.24, 2.45) is 17.8 Å². The number of aliphatic hydroxyl groups excluding tert-OH is 1. The van der Waals surface area contributed by atoms with Gasteiger partial charge in [0, 0.05) is 12.8 Å². The van der Waals surface area contributed by atoms with Gasteiger partial charge in [0.25, 0.3) is 0 Å². The summed E-state index contributed by atoms with van der Waals surface area (Å²) in [5.74, 6) is 0.938. The molecule has 1 fully saturated rings. The Morgan fingerprint density at radius 2 is 2.00 bits per heavy atom. The van der Waals surface area contributed by atoms with Crippen LogP contribution in [0, 0.1) is 17.8 Å². The number of hydrogen-bond donors (Lipinski definition) is 2. The Morgan fingerprint density at radius 3 is 2.75 bits per heavy atom. The zero-order valence-corrected chi connectivity index (χ0v) is 16.7. The van der Waals surface area contributed by atoms with Crippen LogP contribution in [0.2, 0.25) is 0 Å². The number of hydrogen-bond acceptors (Lipinski definition) is 4. The summed E-state index contributed by atoms with van der Waals surface area (Å²) in [5.41, 5.74) is 2.28. The molecule has 1 aromatic rings. The molecule has 0 bridgehead atoms. The van der Waals surface area contributed by atoms with E-state index in [-0.39, 0.29) is 18.6 Å². The molecule has 2 aliphatic carbocycles. The molecule has 2 aliphatic rings. The van der Waals surface area contributed by atoms with Crippen LogP contribution in [0.25, 0.3) is 0 Å². The topological polar surface area (TPSA) is 83.8 Å². The molecule has 154 valence electrons. The molecule has 3 rings (SSSR count). The fraction of sp³-hybridized carbons (Fsp3) is 0.652. The van der Waals surface area contributed by atoms with E-state index >= 15 is 0 Å². The summed E-state index contributed by atoms with van der Waals surface area (Å²) in [7, 11) is 0. The number of unbranched alkanes of at least 4 members (excludes halogenated alkanes) is 2. The van der Waals surface area contributed by atoms with Crippen LogP contribution >= 0.6 is 0 Å². The number of Topliss-reactive ketones (excluding diaryl/α,β-unsaturated/α-hetero) is 1. The van der Waals surface area contributed by atoms with Gasteiger partial charge in [-0.05, 0) is 67.1 Å². The second kappa shape index (κ2) is 9.55. The predicted molar refractivity (Wildman–Crippen MR) is 106 cm³/mol. The number of carboxylic acid groups (broad SMARTS) is 1. The lowest BCUT2D eigenvalue weighted by Crippen LogP contribution is -2.27. The molecule has 1 aromatic carbocycles. The number of aliphatic hydroxyl groups is 1. The van der Waals surface area contributed by atoms with Gasteiger partial charge in [-0.1, -0.05) is 31.9 Å². The number of aliphatic carboxylic acids is 1. The van der Waals surface area contributed by atoms with E-state index < -0.39 is 5.97 Å². The molecule has 28 heavy (non-hydrogen) atoms. The van der Waals surface area contributed by atoms with Crippen LogP contribution in [0.15, 0.2) is 18.2 Å². The summed E-state index contributed by atoms with van der Waals surface area (Å²) in [6, 6.07) is 5.82. The highest BCUT2D eigenvalue weighted by Crippen LogP contribution is 2.48. The van der Waals surface area contributed by atoms with Crippen LogP contribution < -0.4 is 4.74 Å². The van der Waals surface area contributed by atoms with Crippen LogP contribution in [0.1, 0.15) is 63.0 Å². The Bertz CT molecular complexity index is 698. The lowest BCUT2D eigenvalue weighted by atomic mass is 9.73. The molecule has 2 N–H and O–H groups in total. The van der Waals surface area contributed by atoms with Crippen molar-refractivity contribution in [1.29, 1.82) is 0 Å². The van der Waals surface area contributed by atoms with Crippen LogP contribution in [0.3, 0.4) is 0 Å². The van der Waals surface area contributed by atoms with E-state index in [4.69, 9.17) is 9.84 Å². The third kappa shape index (κ3) is 4.93. The quantitative estimate of drug-likeness (QED) is 0.596. The maximum Gasteiger partial charge on any atom is 0.341 e. The first-order valence-electron chi connectivity index (χ1n) is 10.6. The van der Waals surface area contributed by atoms with Crippen molar-refractivity contribution >= 4 is 11.8 Å². The molecule has 0 unspecified atom stereocenters. The number of rotatable bonds is 10. The van der Waals surface area contributed by atoms with E-state index in [2.05, 4.69) is 13.0 Å². The summed E-state index contributed by atoms with van der Waals surface area (Å²) in [6.45, 7) is 1.80. The molecule has 0 aromatic heterocycles. The zero-order chi connectivity index (χ0) is 20.1. The van der Waals surface area contributed by atoms with Gasteiger partial charge < -0.3 is 14.9 Å². The van der Waals surface area contributed by atoms with Gasteiger partial charge in [0.2, 0.25) is 0 Å². The van der Waals surface area contributed by atoms with Crippen molar-refractivity contribution in [3.05, 3.63) is 29.3 Å². The molecule has 0 heterocycles. The number of ketones is 1. The molecular formula is C23H32O5. The first kappa shape index (κ1) is 20.8. The maximum absolute atomic E-state index is 12.2. The van der Waals surface area contributed by atoms with E-state index in [0.29, 0.717) is 36.2 Å². The zero-order valence-electron chi connectivity index (χ0n) is 16.7. The second-order valence-corrected chi connectivity index (χ2v) is 8.41. The number of carbonyl (C=O) groups is 2. The van der Waals surface area contributed by atoms with Crippen LogP contribution in [0.4, 0.5) is 0 Å². The molecular weight excluding hydrogens is 356 g/mol. The molecule has 0 radical (unpaired) electrons. The molecule has 4 atom stereocenters. The molecule has 0 saturated heterocycles. The van der Waals surface area contributed by atoms with E-state index in [1.54, 1.807) is 0 Å². The Kier molecular flexibility index (Phi) is 7.11. The first-order valence-corrected chi connectivity index (χ1v) is 10.6. The van der Waals surface area contributed by atoms with Crippen LogP contribution in [-0.2, 0) is 22.4 Å². The summed E-state index contributed by atoms with van der Waals surface area (Å²) in [6.07, 6.45) is 7.30. The molecule has 1 saturated carbocycles. The Labute approximate surface area is 167 Å². The van der Waals surface area contributed by atoms with Gasteiger partial charge in [-0.2, -0.15) is 0 Å². The minimum absolute atomic E-state index is 0.178. The highest BCUT2D eigenvalue weighted by molar-refractivity contribution is 5.78. The summed E-state index contributed by atoms with van der Waals surface area (Å²) >= 11 is 0. The summed E-state index contributed by atoms with van der Waals surface area (Å²) < 4.78 is 5.49. The van der Waals surface area contributed by atoms with Gasteiger partial charge in [-0.15, -0.1) is 0 Å². The van der Waals surface area contributed by atoms with Gasteiger partial charge in [-0.25, -0.2) is 4.79 Å². The monoisotopic (exact) mass is 388 g/mol. The normalized spacial score (nSPS) is 25.8. The lowest BCUT2D eigenvalue weighted by molar-refractivity contribution is -0.139. The maximum atomic E-state index is 12.2. The largest absolute Gasteiger partial charge is 0.482 e. The highest BCUT2D eigenvalue weighted by Gasteiger charge is 2.44. The van der Waals surface area contributed by atoms with Crippen molar-refractivity contribution in [2.75, 3.05) is 6.61 Å². The standard InChI is InChI=1S/C23H32O5/c1-2-3-4-7-17(24)9-10-18-19-11-15-6-5-8-22(28-14-23(26)27)20(15)12-16(19)13-21(18)25/h5-6,8,16,18-19,21,25H,2-4,7,9-14H2,1H3,(H,26,27)/t16-,18+,19-,21+/m0/s1. The number of ether oxygens (including phenoxy) is 1. The Balaban J connectivity index is 1.63. The van der Waals surface area contributed by atoms with E-state index in [9.17, 15) is 14.7 Å². The van der Waals surface area contributed by atoms with Crippen molar-refractivity contribution in [1.82, 2.24) is 0 Å². The third-order valence-electron chi connectivity index (χ3n) is 6.51. The van der Waals surface area contributed by atoms with Crippen molar-refractivity contribution in [2.45, 2.75) is 70.8 Å². The Hall–Kier alpha value is -1.88. The van der Waals surface area contributed by atoms with Crippen molar-refractivity contribution in [3.8, 4) is 5.75 Å². The molecule has 5 nitrogen and oxygen atoms in total. The minimum atomic E-state index is -0.980. The summed E-state index contributed by atoms with van der Waals surface area (Å²) in [5, 5.41) is 19.5. The third-order valence-corrected chi connectivity index (χ3v) is 6.51. The minimum Gasteiger partial charge on any atom is -0.482 e. The highest BCUT2D eigenvalue weighted by atomic mass is 16.5. The van der Waals surface area contributed by atoms with E-state index in [1.807, 2.05) is 12.1 Å². The number of carboxylic acids is 1. The fourth-order valence-electron chi connectivity index (χ4n) is 5.10. The van der Waals surface area contributed by atoms with Gasteiger partial charge in [0.05, 0.1) is 6.10 Å². The smallest absolute Gasteiger partial charge is 0.341 e. The number of fused-ring (bicyclic) bond motifs is 2. The van der Waals surface area contributed by atoms with Gasteiger partial charge in [0.1, 0.15) is 11.5 Å². The van der Waals surface area contributed by atoms with Crippen molar-refractivity contribution in [3.63, 3.8) is 0 Å². The first-order chi connectivity index (χ1) is 13.5. The Morgan fingerprint density at radius 1 is 1.18 bits per heavy atom. The predicted octanol–water partition coefficient (Wildman–Crippen LogP) is 3.79.